The Bertz CT molecular complexity index is 385. The molecule has 0 atom stereocenters. The molecule has 0 amide bonds. The molecule has 3 nitrogen and oxygen atoms in total. The van der Waals surface area contributed by atoms with Crippen LogP contribution in [0.25, 0.3) is 0 Å². The van der Waals surface area contributed by atoms with Crippen molar-refractivity contribution in [3.05, 3.63) is 33.8 Å². The number of hydrogen-bond donors (Lipinski definition) is 2. The van der Waals surface area contributed by atoms with Gasteiger partial charge in [0.25, 0.3) is 0 Å². The molecule has 0 fully saturated rings. The van der Waals surface area contributed by atoms with Gasteiger partial charge in [-0.05, 0) is 36.6 Å². The molecule has 0 aliphatic heterocycles. The lowest BCUT2D eigenvalue weighted by Crippen LogP contribution is -2.38. The zero-order chi connectivity index (χ0) is 13.4. The van der Waals surface area contributed by atoms with Crippen LogP contribution in [0.5, 0.6) is 0 Å². The molecule has 5 heteroatoms. The molecule has 1 aromatic rings. The average molecular weight is 288 g/mol. The maximum absolute atomic E-state index is 5.95. The fourth-order valence-corrected chi connectivity index (χ4v) is 2.12. The Hall–Kier alpha value is -0.930. The SMILES string of the molecule is CCCNC(=NC)NCCc1cc(Cl)cc(Cl)c1. The topological polar surface area (TPSA) is 36.4 Å². The molecule has 0 aliphatic carbocycles. The number of guanidine groups is 1. The molecular weight excluding hydrogens is 269 g/mol. The van der Waals surface area contributed by atoms with E-state index in [2.05, 4.69) is 22.5 Å². The second-order valence-corrected chi connectivity index (χ2v) is 4.83. The summed E-state index contributed by atoms with van der Waals surface area (Å²) < 4.78 is 0. The van der Waals surface area contributed by atoms with Gasteiger partial charge < -0.3 is 10.6 Å². The molecule has 0 spiro atoms. The van der Waals surface area contributed by atoms with Crippen molar-refractivity contribution in [3.8, 4) is 0 Å². The zero-order valence-corrected chi connectivity index (χ0v) is 12.3. The van der Waals surface area contributed by atoms with Gasteiger partial charge in [-0.2, -0.15) is 0 Å². The Morgan fingerprint density at radius 3 is 2.28 bits per heavy atom. The predicted octanol–water partition coefficient (Wildman–Crippen LogP) is 3.11. The summed E-state index contributed by atoms with van der Waals surface area (Å²) in [4.78, 5) is 4.13. The highest BCUT2D eigenvalue weighted by Gasteiger charge is 2.00. The number of hydrogen-bond acceptors (Lipinski definition) is 1. The van der Waals surface area contributed by atoms with E-state index < -0.39 is 0 Å². The lowest BCUT2D eigenvalue weighted by molar-refractivity contribution is 0.773. The number of halogens is 2. The van der Waals surface area contributed by atoms with Gasteiger partial charge in [0.1, 0.15) is 0 Å². The summed E-state index contributed by atoms with van der Waals surface area (Å²) >= 11 is 11.9. The number of aliphatic imine (C=N–C) groups is 1. The number of rotatable bonds is 5. The maximum atomic E-state index is 5.95. The van der Waals surface area contributed by atoms with Crippen LogP contribution in [0.3, 0.4) is 0 Å². The molecule has 100 valence electrons. The second kappa shape index (κ2) is 8.22. The first kappa shape index (κ1) is 15.1. The van der Waals surface area contributed by atoms with Crippen molar-refractivity contribution >= 4 is 29.2 Å². The molecule has 1 aromatic carbocycles. The lowest BCUT2D eigenvalue weighted by atomic mass is 10.1. The molecule has 0 saturated heterocycles. The van der Waals surface area contributed by atoms with Gasteiger partial charge in [0.15, 0.2) is 5.96 Å². The normalized spacial score (nSPS) is 11.4. The van der Waals surface area contributed by atoms with Gasteiger partial charge in [0.2, 0.25) is 0 Å². The third-order valence-corrected chi connectivity index (χ3v) is 2.83. The first-order valence-electron chi connectivity index (χ1n) is 6.05. The maximum Gasteiger partial charge on any atom is 0.190 e. The van der Waals surface area contributed by atoms with Gasteiger partial charge in [-0.25, -0.2) is 0 Å². The standard InChI is InChI=1S/C13H19Cl2N3/c1-3-5-17-13(16-2)18-6-4-10-7-11(14)9-12(15)8-10/h7-9H,3-6H2,1-2H3,(H2,16,17,18). The fourth-order valence-electron chi connectivity index (χ4n) is 1.54. The van der Waals surface area contributed by atoms with E-state index in [1.807, 2.05) is 12.1 Å². The Morgan fingerprint density at radius 2 is 1.72 bits per heavy atom. The quantitative estimate of drug-likeness (QED) is 0.645. The minimum absolute atomic E-state index is 0.672. The van der Waals surface area contributed by atoms with Gasteiger partial charge in [0.05, 0.1) is 0 Å². The average Bonchev–Trinajstić information content (AvgIpc) is 2.32. The van der Waals surface area contributed by atoms with Gasteiger partial charge >= 0.3 is 0 Å². The summed E-state index contributed by atoms with van der Waals surface area (Å²) in [5.74, 6) is 0.824. The molecule has 0 unspecified atom stereocenters. The summed E-state index contributed by atoms with van der Waals surface area (Å²) in [6.07, 6.45) is 1.93. The smallest absolute Gasteiger partial charge is 0.190 e. The van der Waals surface area contributed by atoms with Crippen LogP contribution in [0.15, 0.2) is 23.2 Å². The van der Waals surface area contributed by atoms with Gasteiger partial charge in [-0.1, -0.05) is 30.1 Å². The fraction of sp³-hybridized carbons (Fsp3) is 0.462. The predicted molar refractivity (Wildman–Crippen MR) is 79.8 cm³/mol. The molecule has 0 bridgehead atoms. The highest BCUT2D eigenvalue weighted by molar-refractivity contribution is 6.34. The Labute approximate surface area is 119 Å². The van der Waals surface area contributed by atoms with E-state index in [0.29, 0.717) is 10.0 Å². The van der Waals surface area contributed by atoms with Crippen molar-refractivity contribution in [1.29, 1.82) is 0 Å². The summed E-state index contributed by atoms with van der Waals surface area (Å²) in [6, 6.07) is 5.59. The van der Waals surface area contributed by atoms with E-state index in [9.17, 15) is 0 Å². The van der Waals surface area contributed by atoms with E-state index in [4.69, 9.17) is 23.2 Å². The molecule has 0 radical (unpaired) electrons. The van der Waals surface area contributed by atoms with E-state index in [1.165, 1.54) is 0 Å². The summed E-state index contributed by atoms with van der Waals surface area (Å²) in [7, 11) is 1.77. The van der Waals surface area contributed by atoms with Gasteiger partial charge in [-0.15, -0.1) is 0 Å². The third kappa shape index (κ3) is 5.61. The van der Waals surface area contributed by atoms with E-state index in [0.717, 1.165) is 37.5 Å². The van der Waals surface area contributed by atoms with E-state index in [-0.39, 0.29) is 0 Å². The molecular formula is C13H19Cl2N3. The minimum Gasteiger partial charge on any atom is -0.356 e. The highest BCUT2D eigenvalue weighted by Crippen LogP contribution is 2.19. The highest BCUT2D eigenvalue weighted by atomic mass is 35.5. The third-order valence-electron chi connectivity index (χ3n) is 2.39. The second-order valence-electron chi connectivity index (χ2n) is 3.95. The largest absolute Gasteiger partial charge is 0.356 e. The molecule has 0 aromatic heterocycles. The lowest BCUT2D eigenvalue weighted by Gasteiger charge is -2.11. The Balaban J connectivity index is 2.40. The van der Waals surface area contributed by atoms with Gasteiger partial charge in [0, 0.05) is 30.2 Å². The van der Waals surface area contributed by atoms with E-state index in [1.54, 1.807) is 13.1 Å². The van der Waals surface area contributed by atoms with Crippen LogP contribution in [0.1, 0.15) is 18.9 Å². The van der Waals surface area contributed by atoms with Crippen LogP contribution in [0.4, 0.5) is 0 Å². The van der Waals surface area contributed by atoms with Crippen LogP contribution in [0, 0.1) is 0 Å². The number of nitrogens with one attached hydrogen (secondary N) is 2. The van der Waals surface area contributed by atoms with Crippen LogP contribution >= 0.6 is 23.2 Å². The van der Waals surface area contributed by atoms with Crippen molar-refractivity contribution < 1.29 is 0 Å². The summed E-state index contributed by atoms with van der Waals surface area (Å²) in [5.41, 5.74) is 1.12. The van der Waals surface area contributed by atoms with Crippen LogP contribution in [0.2, 0.25) is 10.0 Å². The van der Waals surface area contributed by atoms with Crippen molar-refractivity contribution in [2.24, 2.45) is 4.99 Å². The van der Waals surface area contributed by atoms with Crippen LogP contribution < -0.4 is 10.6 Å². The van der Waals surface area contributed by atoms with Crippen LogP contribution in [-0.2, 0) is 6.42 Å². The monoisotopic (exact) mass is 287 g/mol. The molecule has 2 N–H and O–H groups in total. The Morgan fingerprint density at radius 1 is 1.11 bits per heavy atom. The molecule has 0 heterocycles. The van der Waals surface area contributed by atoms with Gasteiger partial charge in [-0.3, -0.25) is 4.99 Å². The van der Waals surface area contributed by atoms with Crippen molar-refractivity contribution in [3.63, 3.8) is 0 Å². The number of benzene rings is 1. The van der Waals surface area contributed by atoms with Crippen molar-refractivity contribution in [2.75, 3.05) is 20.1 Å². The van der Waals surface area contributed by atoms with Crippen molar-refractivity contribution in [2.45, 2.75) is 19.8 Å². The number of nitrogens with zero attached hydrogens (tertiary/aromatic N) is 1. The molecule has 0 saturated carbocycles. The summed E-state index contributed by atoms with van der Waals surface area (Å²) in [6.45, 7) is 3.83. The summed E-state index contributed by atoms with van der Waals surface area (Å²) in [5, 5.41) is 7.80. The van der Waals surface area contributed by atoms with Crippen LogP contribution in [-0.4, -0.2) is 26.1 Å². The first-order valence-corrected chi connectivity index (χ1v) is 6.80. The molecule has 1 rings (SSSR count). The zero-order valence-electron chi connectivity index (χ0n) is 10.8. The Kier molecular flexibility index (Phi) is 6.91. The van der Waals surface area contributed by atoms with Crippen molar-refractivity contribution in [1.82, 2.24) is 10.6 Å². The molecule has 0 aliphatic rings. The minimum atomic E-state index is 0.672. The molecule has 18 heavy (non-hydrogen) atoms. The van der Waals surface area contributed by atoms with E-state index >= 15 is 0 Å². The first-order chi connectivity index (χ1) is 8.65.